The van der Waals surface area contributed by atoms with Gasteiger partial charge in [0.25, 0.3) is 5.91 Å². The molecule has 0 spiro atoms. The SMILES string of the molecule is CC(C)Oc1ccc(C2Nc3ccccc3C(=O)N2C(C)C)cc1. The largest absolute Gasteiger partial charge is 0.491 e. The van der Waals surface area contributed by atoms with Gasteiger partial charge >= 0.3 is 0 Å². The molecule has 0 radical (unpaired) electrons. The first kappa shape index (κ1) is 16.4. The molecule has 1 N–H and O–H groups in total. The van der Waals surface area contributed by atoms with E-state index in [0.717, 1.165) is 22.6 Å². The molecular formula is C20H24N2O2. The summed E-state index contributed by atoms with van der Waals surface area (Å²) in [6.45, 7) is 8.09. The Morgan fingerprint density at radius 3 is 2.29 bits per heavy atom. The standard InChI is InChI=1S/C20H24N2O2/c1-13(2)22-19(15-9-11-16(12-10-15)24-14(3)4)21-18-8-6-5-7-17(18)20(22)23/h5-14,19,21H,1-4H3. The molecule has 24 heavy (non-hydrogen) atoms. The molecule has 1 amide bonds. The zero-order valence-electron chi connectivity index (χ0n) is 14.6. The van der Waals surface area contributed by atoms with Gasteiger partial charge in [0.05, 0.1) is 11.7 Å². The zero-order chi connectivity index (χ0) is 17.3. The van der Waals surface area contributed by atoms with Crippen molar-refractivity contribution in [2.45, 2.75) is 46.0 Å². The van der Waals surface area contributed by atoms with Crippen LogP contribution in [0.5, 0.6) is 5.75 Å². The third kappa shape index (κ3) is 3.09. The molecule has 0 fully saturated rings. The van der Waals surface area contributed by atoms with E-state index in [2.05, 4.69) is 5.32 Å². The van der Waals surface area contributed by atoms with E-state index >= 15 is 0 Å². The van der Waals surface area contributed by atoms with Gasteiger partial charge in [-0.1, -0.05) is 24.3 Å². The third-order valence-electron chi connectivity index (χ3n) is 4.09. The summed E-state index contributed by atoms with van der Waals surface area (Å²) in [4.78, 5) is 14.8. The molecule has 0 bridgehead atoms. The second-order valence-electron chi connectivity index (χ2n) is 6.63. The van der Waals surface area contributed by atoms with Crippen LogP contribution < -0.4 is 10.1 Å². The fourth-order valence-corrected chi connectivity index (χ4v) is 3.05. The van der Waals surface area contributed by atoms with Crippen molar-refractivity contribution in [3.8, 4) is 5.75 Å². The van der Waals surface area contributed by atoms with Gasteiger partial charge in [-0.25, -0.2) is 0 Å². The van der Waals surface area contributed by atoms with Crippen LogP contribution in [0.4, 0.5) is 5.69 Å². The number of benzene rings is 2. The smallest absolute Gasteiger partial charge is 0.258 e. The summed E-state index contributed by atoms with van der Waals surface area (Å²) in [7, 11) is 0. The topological polar surface area (TPSA) is 41.6 Å². The minimum atomic E-state index is -0.180. The lowest BCUT2D eigenvalue weighted by molar-refractivity contribution is 0.0617. The molecule has 1 atom stereocenters. The van der Waals surface area contributed by atoms with Crippen molar-refractivity contribution < 1.29 is 9.53 Å². The predicted octanol–water partition coefficient (Wildman–Crippen LogP) is 4.45. The molecule has 126 valence electrons. The van der Waals surface area contributed by atoms with Gasteiger partial charge in [0.1, 0.15) is 11.9 Å². The minimum Gasteiger partial charge on any atom is -0.491 e. The van der Waals surface area contributed by atoms with Crippen molar-refractivity contribution in [1.29, 1.82) is 0 Å². The van der Waals surface area contributed by atoms with Crippen molar-refractivity contribution in [2.24, 2.45) is 0 Å². The van der Waals surface area contributed by atoms with Gasteiger partial charge in [-0.3, -0.25) is 4.79 Å². The molecule has 0 aromatic heterocycles. The fourth-order valence-electron chi connectivity index (χ4n) is 3.05. The van der Waals surface area contributed by atoms with Crippen LogP contribution in [0.2, 0.25) is 0 Å². The van der Waals surface area contributed by atoms with E-state index in [9.17, 15) is 4.79 Å². The maximum Gasteiger partial charge on any atom is 0.258 e. The highest BCUT2D eigenvalue weighted by atomic mass is 16.5. The second-order valence-corrected chi connectivity index (χ2v) is 6.63. The fraction of sp³-hybridized carbons (Fsp3) is 0.350. The van der Waals surface area contributed by atoms with E-state index < -0.39 is 0 Å². The molecule has 3 rings (SSSR count). The lowest BCUT2D eigenvalue weighted by Crippen LogP contribution is -2.46. The van der Waals surface area contributed by atoms with Crippen LogP contribution in [0, 0.1) is 0 Å². The Morgan fingerprint density at radius 1 is 1.00 bits per heavy atom. The number of anilines is 1. The molecule has 1 aliphatic rings. The number of hydrogen-bond donors (Lipinski definition) is 1. The van der Waals surface area contributed by atoms with Gasteiger partial charge < -0.3 is 15.0 Å². The van der Waals surface area contributed by atoms with E-state index in [-0.39, 0.29) is 24.2 Å². The Balaban J connectivity index is 1.95. The number of carbonyl (C=O) groups is 1. The predicted molar refractivity (Wildman–Crippen MR) is 96.3 cm³/mol. The maximum atomic E-state index is 12.9. The van der Waals surface area contributed by atoms with Crippen molar-refractivity contribution >= 4 is 11.6 Å². The zero-order valence-corrected chi connectivity index (χ0v) is 14.6. The second kappa shape index (κ2) is 6.56. The summed E-state index contributed by atoms with van der Waals surface area (Å²) in [5.74, 6) is 0.902. The first-order valence-corrected chi connectivity index (χ1v) is 8.42. The van der Waals surface area contributed by atoms with E-state index in [4.69, 9.17) is 4.74 Å². The van der Waals surface area contributed by atoms with Crippen LogP contribution in [0.15, 0.2) is 48.5 Å². The highest BCUT2D eigenvalue weighted by Crippen LogP contribution is 2.34. The van der Waals surface area contributed by atoms with Crippen molar-refractivity contribution in [2.75, 3.05) is 5.32 Å². The molecule has 0 aliphatic carbocycles. The van der Waals surface area contributed by atoms with Gasteiger partial charge in [-0.05, 0) is 57.5 Å². The molecular weight excluding hydrogens is 300 g/mol. The van der Waals surface area contributed by atoms with Gasteiger partial charge in [0.2, 0.25) is 0 Å². The Morgan fingerprint density at radius 2 is 1.67 bits per heavy atom. The van der Waals surface area contributed by atoms with Crippen LogP contribution in [-0.2, 0) is 0 Å². The first-order chi connectivity index (χ1) is 11.5. The average molecular weight is 324 g/mol. The molecule has 2 aromatic rings. The van der Waals surface area contributed by atoms with E-state index in [1.165, 1.54) is 0 Å². The minimum absolute atomic E-state index is 0.0619. The van der Waals surface area contributed by atoms with Crippen LogP contribution >= 0.6 is 0 Å². The molecule has 0 saturated carbocycles. The van der Waals surface area contributed by atoms with Gasteiger partial charge in [-0.2, -0.15) is 0 Å². The van der Waals surface area contributed by atoms with Crippen LogP contribution in [0.1, 0.15) is 49.8 Å². The summed E-state index contributed by atoms with van der Waals surface area (Å²) in [6.07, 6.45) is -0.0372. The Bertz CT molecular complexity index is 723. The number of nitrogens with one attached hydrogen (secondary N) is 1. The monoisotopic (exact) mass is 324 g/mol. The number of para-hydroxylation sites is 1. The highest BCUT2D eigenvalue weighted by Gasteiger charge is 2.34. The van der Waals surface area contributed by atoms with Crippen LogP contribution in [-0.4, -0.2) is 23.0 Å². The molecule has 4 nitrogen and oxygen atoms in total. The van der Waals surface area contributed by atoms with Crippen molar-refractivity contribution in [3.05, 3.63) is 59.7 Å². The third-order valence-corrected chi connectivity index (χ3v) is 4.09. The first-order valence-electron chi connectivity index (χ1n) is 8.42. The Kier molecular flexibility index (Phi) is 4.47. The number of hydrogen-bond acceptors (Lipinski definition) is 3. The number of ether oxygens (including phenoxy) is 1. The number of nitrogens with zero attached hydrogens (tertiary/aromatic N) is 1. The average Bonchev–Trinajstić information content (AvgIpc) is 2.54. The molecule has 4 heteroatoms. The van der Waals surface area contributed by atoms with E-state index in [0.29, 0.717) is 0 Å². The normalized spacial score (nSPS) is 17.0. The Labute approximate surface area is 143 Å². The Hall–Kier alpha value is -2.49. The molecule has 1 aliphatic heterocycles. The molecule has 0 saturated heterocycles. The summed E-state index contributed by atoms with van der Waals surface area (Å²) in [5.41, 5.74) is 2.65. The summed E-state index contributed by atoms with van der Waals surface area (Å²) < 4.78 is 5.71. The highest BCUT2D eigenvalue weighted by molar-refractivity contribution is 6.01. The van der Waals surface area contributed by atoms with E-state index in [1.54, 1.807) is 0 Å². The number of rotatable bonds is 4. The number of amides is 1. The number of fused-ring (bicyclic) bond motifs is 1. The van der Waals surface area contributed by atoms with Crippen molar-refractivity contribution in [1.82, 2.24) is 4.90 Å². The molecule has 2 aromatic carbocycles. The number of carbonyl (C=O) groups excluding carboxylic acids is 1. The van der Waals surface area contributed by atoms with E-state index in [1.807, 2.05) is 81.1 Å². The van der Waals surface area contributed by atoms with Gasteiger partial charge in [-0.15, -0.1) is 0 Å². The lowest BCUT2D eigenvalue weighted by Gasteiger charge is -2.40. The molecule has 1 unspecified atom stereocenters. The summed E-state index contributed by atoms with van der Waals surface area (Å²) in [5, 5.41) is 3.50. The van der Waals surface area contributed by atoms with Crippen molar-refractivity contribution in [3.63, 3.8) is 0 Å². The quantitative estimate of drug-likeness (QED) is 0.903. The lowest BCUT2D eigenvalue weighted by atomic mass is 10.0. The summed E-state index contributed by atoms with van der Waals surface area (Å²) >= 11 is 0. The van der Waals surface area contributed by atoms with Gasteiger partial charge in [0, 0.05) is 11.7 Å². The molecule has 1 heterocycles. The maximum absolute atomic E-state index is 12.9. The van der Waals surface area contributed by atoms with Crippen LogP contribution in [0.25, 0.3) is 0 Å². The van der Waals surface area contributed by atoms with Gasteiger partial charge in [0.15, 0.2) is 0 Å². The van der Waals surface area contributed by atoms with Crippen LogP contribution in [0.3, 0.4) is 0 Å². The summed E-state index contributed by atoms with van der Waals surface area (Å²) in [6, 6.07) is 15.7.